The van der Waals surface area contributed by atoms with E-state index in [1.165, 1.54) is 6.92 Å². The van der Waals surface area contributed by atoms with Crippen LogP contribution in [0.25, 0.3) is 0 Å². The second-order valence-corrected chi connectivity index (χ2v) is 4.74. The Morgan fingerprint density at radius 3 is 2.41 bits per heavy atom. The molecule has 1 amide bonds. The van der Waals surface area contributed by atoms with Gasteiger partial charge in [0.1, 0.15) is 11.3 Å². The molecule has 0 aliphatic carbocycles. The number of nitrogens with zero attached hydrogens (tertiary/aromatic N) is 2. The molecule has 4 nitrogen and oxygen atoms in total. The van der Waals surface area contributed by atoms with Gasteiger partial charge in [-0.2, -0.15) is 0 Å². The van der Waals surface area contributed by atoms with Crippen molar-refractivity contribution in [2.45, 2.75) is 45.6 Å². The summed E-state index contributed by atoms with van der Waals surface area (Å²) in [6, 6.07) is 0. The van der Waals surface area contributed by atoms with Gasteiger partial charge in [0, 0.05) is 6.54 Å². The van der Waals surface area contributed by atoms with Crippen LogP contribution in [0.4, 0.5) is 0 Å². The van der Waals surface area contributed by atoms with E-state index in [-0.39, 0.29) is 23.8 Å². The van der Waals surface area contributed by atoms with Gasteiger partial charge in [-0.1, -0.05) is 13.8 Å². The number of hydrogen-bond donors (Lipinski definition) is 0. The SMILES string of the molecule is CC.CC(=O)CN1CCC2(CCCN2C)C1=O. The minimum atomic E-state index is -0.268. The zero-order valence-electron chi connectivity index (χ0n) is 11.5. The summed E-state index contributed by atoms with van der Waals surface area (Å²) in [5.41, 5.74) is -0.268. The highest BCUT2D eigenvalue weighted by Gasteiger charge is 2.51. The van der Waals surface area contributed by atoms with E-state index in [1.54, 1.807) is 4.90 Å². The number of carbonyl (C=O) groups excluding carboxylic acids is 2. The van der Waals surface area contributed by atoms with Gasteiger partial charge in [-0.05, 0) is 39.8 Å². The van der Waals surface area contributed by atoms with E-state index >= 15 is 0 Å². The number of amides is 1. The lowest BCUT2D eigenvalue weighted by molar-refractivity contribution is -0.138. The predicted molar refractivity (Wildman–Crippen MR) is 67.8 cm³/mol. The van der Waals surface area contributed by atoms with Gasteiger partial charge in [0.25, 0.3) is 0 Å². The molecule has 0 bridgehead atoms. The molecule has 2 aliphatic heterocycles. The Bertz CT molecular complexity index is 304. The summed E-state index contributed by atoms with van der Waals surface area (Å²) in [7, 11) is 2.02. The molecule has 2 saturated heterocycles. The van der Waals surface area contributed by atoms with Gasteiger partial charge in [-0.25, -0.2) is 0 Å². The highest BCUT2D eigenvalue weighted by molar-refractivity contribution is 5.92. The molecule has 0 N–H and O–H groups in total. The summed E-state index contributed by atoms with van der Waals surface area (Å²) in [5.74, 6) is 0.235. The number of hydrogen-bond acceptors (Lipinski definition) is 3. The first-order chi connectivity index (χ1) is 8.06. The molecular formula is C13H24N2O2. The van der Waals surface area contributed by atoms with Crippen molar-refractivity contribution in [3.05, 3.63) is 0 Å². The number of rotatable bonds is 2. The Balaban J connectivity index is 0.000000686. The predicted octanol–water partition coefficient (Wildman–Crippen LogP) is 1.30. The Kier molecular flexibility index (Phi) is 4.69. The fraction of sp³-hybridized carbons (Fsp3) is 0.846. The van der Waals surface area contributed by atoms with E-state index in [2.05, 4.69) is 4.90 Å². The third kappa shape index (κ3) is 2.51. The largest absolute Gasteiger partial charge is 0.334 e. The van der Waals surface area contributed by atoms with Crippen molar-refractivity contribution < 1.29 is 9.59 Å². The third-order valence-corrected chi connectivity index (χ3v) is 3.71. The van der Waals surface area contributed by atoms with Gasteiger partial charge in [0.15, 0.2) is 0 Å². The third-order valence-electron chi connectivity index (χ3n) is 3.71. The number of carbonyl (C=O) groups is 2. The standard InChI is InChI=1S/C11H18N2O2.C2H6/c1-9(14)8-13-7-5-11(10(13)15)4-3-6-12(11)2;1-2/h3-8H2,1-2H3;1-2H3. The maximum absolute atomic E-state index is 12.2. The molecule has 2 fully saturated rings. The summed E-state index contributed by atoms with van der Waals surface area (Å²) < 4.78 is 0. The van der Waals surface area contributed by atoms with Crippen molar-refractivity contribution in [3.63, 3.8) is 0 Å². The van der Waals surface area contributed by atoms with E-state index in [0.29, 0.717) is 0 Å². The van der Waals surface area contributed by atoms with Gasteiger partial charge in [0.2, 0.25) is 5.91 Å². The van der Waals surface area contributed by atoms with Crippen LogP contribution < -0.4 is 0 Å². The number of likely N-dealkylation sites (tertiary alicyclic amines) is 2. The van der Waals surface area contributed by atoms with Crippen molar-refractivity contribution in [3.8, 4) is 0 Å². The molecule has 2 rings (SSSR count). The smallest absolute Gasteiger partial charge is 0.243 e. The van der Waals surface area contributed by atoms with E-state index in [1.807, 2.05) is 20.9 Å². The van der Waals surface area contributed by atoms with E-state index in [9.17, 15) is 9.59 Å². The summed E-state index contributed by atoms with van der Waals surface area (Å²) in [6.07, 6.45) is 2.93. The van der Waals surface area contributed by atoms with Crippen LogP contribution in [-0.4, -0.2) is 53.7 Å². The molecular weight excluding hydrogens is 216 g/mol. The molecule has 1 atom stereocenters. The van der Waals surface area contributed by atoms with E-state index in [0.717, 1.165) is 32.4 Å². The van der Waals surface area contributed by atoms with Crippen LogP contribution in [0.1, 0.15) is 40.0 Å². The molecule has 0 radical (unpaired) electrons. The lowest BCUT2D eigenvalue weighted by Gasteiger charge is -2.29. The Morgan fingerprint density at radius 1 is 1.29 bits per heavy atom. The van der Waals surface area contributed by atoms with Crippen LogP contribution in [0, 0.1) is 0 Å². The molecule has 0 aromatic carbocycles. The molecule has 2 aliphatic rings. The van der Waals surface area contributed by atoms with Crippen LogP contribution in [0.15, 0.2) is 0 Å². The Labute approximate surface area is 104 Å². The first-order valence-electron chi connectivity index (χ1n) is 6.56. The zero-order chi connectivity index (χ0) is 13.1. The molecule has 0 saturated carbocycles. The maximum Gasteiger partial charge on any atom is 0.243 e. The van der Waals surface area contributed by atoms with Crippen LogP contribution in [0.2, 0.25) is 0 Å². The van der Waals surface area contributed by atoms with E-state index in [4.69, 9.17) is 0 Å². The lowest BCUT2D eigenvalue weighted by atomic mass is 9.95. The topological polar surface area (TPSA) is 40.6 Å². The second kappa shape index (κ2) is 5.63. The minimum absolute atomic E-state index is 0.0704. The van der Waals surface area contributed by atoms with Gasteiger partial charge in [-0.3, -0.25) is 14.5 Å². The molecule has 2 heterocycles. The fourth-order valence-electron chi connectivity index (χ4n) is 2.84. The van der Waals surface area contributed by atoms with Gasteiger partial charge in [0.05, 0.1) is 6.54 Å². The molecule has 1 spiro atoms. The maximum atomic E-state index is 12.2. The average Bonchev–Trinajstić information content (AvgIpc) is 2.81. The van der Waals surface area contributed by atoms with E-state index < -0.39 is 0 Å². The zero-order valence-corrected chi connectivity index (χ0v) is 11.5. The first-order valence-corrected chi connectivity index (χ1v) is 6.56. The summed E-state index contributed by atoms with van der Waals surface area (Å²) in [4.78, 5) is 27.1. The Hall–Kier alpha value is -0.900. The monoisotopic (exact) mass is 240 g/mol. The summed E-state index contributed by atoms with van der Waals surface area (Å²) >= 11 is 0. The quantitative estimate of drug-likeness (QED) is 0.730. The van der Waals surface area contributed by atoms with Crippen LogP contribution in [0.3, 0.4) is 0 Å². The molecule has 17 heavy (non-hydrogen) atoms. The molecule has 1 unspecified atom stereocenters. The van der Waals surface area contributed by atoms with Crippen LogP contribution in [-0.2, 0) is 9.59 Å². The van der Waals surface area contributed by atoms with Crippen LogP contribution >= 0.6 is 0 Å². The van der Waals surface area contributed by atoms with Crippen molar-refractivity contribution in [1.82, 2.24) is 9.80 Å². The fourth-order valence-corrected chi connectivity index (χ4v) is 2.84. The van der Waals surface area contributed by atoms with Gasteiger partial charge < -0.3 is 4.90 Å². The van der Waals surface area contributed by atoms with Crippen molar-refractivity contribution >= 4 is 11.7 Å². The highest BCUT2D eigenvalue weighted by atomic mass is 16.2. The summed E-state index contributed by atoms with van der Waals surface area (Å²) in [6.45, 7) is 7.56. The normalized spacial score (nSPS) is 28.5. The highest BCUT2D eigenvalue weighted by Crippen LogP contribution is 2.37. The first kappa shape index (κ1) is 14.2. The average molecular weight is 240 g/mol. The van der Waals surface area contributed by atoms with Crippen molar-refractivity contribution in [2.24, 2.45) is 0 Å². The Morgan fingerprint density at radius 2 is 1.94 bits per heavy atom. The second-order valence-electron chi connectivity index (χ2n) is 4.74. The molecule has 0 aromatic heterocycles. The lowest BCUT2D eigenvalue weighted by Crippen LogP contribution is -2.49. The molecule has 4 heteroatoms. The van der Waals surface area contributed by atoms with Gasteiger partial charge in [-0.15, -0.1) is 0 Å². The molecule has 98 valence electrons. The number of Topliss-reactive ketones (excluding diaryl/α,β-unsaturated/α-hetero) is 1. The summed E-state index contributed by atoms with van der Waals surface area (Å²) in [5, 5.41) is 0. The van der Waals surface area contributed by atoms with Crippen LogP contribution in [0.5, 0.6) is 0 Å². The number of ketones is 1. The minimum Gasteiger partial charge on any atom is -0.334 e. The molecule has 0 aromatic rings. The number of likely N-dealkylation sites (N-methyl/N-ethyl adjacent to an activating group) is 1. The van der Waals surface area contributed by atoms with Gasteiger partial charge >= 0.3 is 0 Å². The van der Waals surface area contributed by atoms with Crippen molar-refractivity contribution in [1.29, 1.82) is 0 Å². The van der Waals surface area contributed by atoms with Crippen molar-refractivity contribution in [2.75, 3.05) is 26.7 Å².